The third kappa shape index (κ3) is 23.6. The molecule has 2 aliphatic rings. The number of nitrogen functional groups attached to an aromatic ring is 2. The monoisotopic (exact) mass is 1520 g/mol. The predicted molar refractivity (Wildman–Crippen MR) is 376 cm³/mol. The van der Waals surface area contributed by atoms with Gasteiger partial charge in [-0.1, -0.05) is 97.2 Å². The molecule has 554 valence electrons. The number of nitrogens with zero attached hydrogens (tertiary/aromatic N) is 9. The van der Waals surface area contributed by atoms with Gasteiger partial charge in [0.05, 0.1) is 40.0 Å². The van der Waals surface area contributed by atoms with Crippen molar-refractivity contribution in [1.82, 2.24) is 39.4 Å². The minimum Gasteiger partial charge on any atom is -1.00 e. The van der Waals surface area contributed by atoms with Gasteiger partial charge in [0.2, 0.25) is 11.2 Å². The maximum Gasteiger partial charge on any atom is 2.00 e. The number of rotatable bonds is 27. The first-order valence-corrected chi connectivity index (χ1v) is 34.2. The van der Waals surface area contributed by atoms with Crippen molar-refractivity contribution < 1.29 is 97.2 Å². The number of nitrogens with one attached hydrogen (secondary N) is 2. The van der Waals surface area contributed by atoms with Gasteiger partial charge in [0.15, 0.2) is 24.0 Å². The van der Waals surface area contributed by atoms with E-state index in [1.165, 1.54) is 90.0 Å². The topological polar surface area (TPSA) is 430 Å². The number of aliphatic hydroxyl groups is 3. The Hall–Kier alpha value is -7.29. The fourth-order valence-electron chi connectivity index (χ4n) is 9.52. The van der Waals surface area contributed by atoms with Gasteiger partial charge < -0.3 is 77.6 Å². The zero-order chi connectivity index (χ0) is 75.7. The van der Waals surface area contributed by atoms with E-state index in [2.05, 4.69) is 51.1 Å². The number of anilines is 2. The number of para-hydroxylation sites is 2. The van der Waals surface area contributed by atoms with Crippen LogP contribution in [0, 0.1) is 50.5 Å². The SMILES string of the molecule is C.CCC(CC)COC(=O)[C@H](C)NP(=O)(OC[C@@]1(C#N)O[C@@H](c2ccc3c(N)ncnn23)C(F)C1O)Oc1ccccc1.CCC(CC)COC(=O)[C@H](C)NP(=O)(Oc1ccccc1)Oc1ccc([N+](=O)[O-])cc1.C[C-](C)C.N#C[C@]1(CO)O[C@@H](c2ccc3c(N)ncnn23)[C@H](F)[C@@H]1O.[2H]P([2H])[2H].[Cl-].[Mg+2]. The summed E-state index contributed by atoms with van der Waals surface area (Å²) in [6.07, 6.45) is -4.68. The van der Waals surface area contributed by atoms with Gasteiger partial charge in [0.25, 0.3) is 5.69 Å². The molecule has 9 N–H and O–H groups in total. The molecule has 30 nitrogen and oxygen atoms in total. The van der Waals surface area contributed by atoms with Gasteiger partial charge in [0.1, 0.15) is 96.2 Å². The third-order valence-electron chi connectivity index (χ3n) is 15.3. The van der Waals surface area contributed by atoms with E-state index in [4.69, 9.17) is 57.6 Å². The molecule has 2 saturated heterocycles. The van der Waals surface area contributed by atoms with Gasteiger partial charge >= 0.3 is 50.5 Å². The van der Waals surface area contributed by atoms with Crippen LogP contribution in [0.3, 0.4) is 0 Å². The number of aromatic nitrogens is 6. The Morgan fingerprint density at radius 1 is 0.716 bits per heavy atom. The van der Waals surface area contributed by atoms with Crippen molar-refractivity contribution in [1.29, 1.82) is 14.4 Å². The van der Waals surface area contributed by atoms with Crippen LogP contribution < -0.4 is 47.6 Å². The zero-order valence-corrected chi connectivity index (χ0v) is 61.8. The molecule has 3 aromatic carbocycles. The minimum atomic E-state index is -4.45. The molecule has 37 heteroatoms. The zero-order valence-electron chi connectivity index (χ0n) is 59.9. The molecular weight excluding hydrogens is 1430 g/mol. The van der Waals surface area contributed by atoms with E-state index in [0.29, 0.717) is 11.0 Å². The van der Waals surface area contributed by atoms with Gasteiger partial charge in [-0.25, -0.2) is 36.9 Å². The molecule has 102 heavy (non-hydrogen) atoms. The molecule has 4 unspecified atom stereocenters. The van der Waals surface area contributed by atoms with Crippen LogP contribution in [-0.4, -0.2) is 163 Å². The van der Waals surface area contributed by atoms with Crippen molar-refractivity contribution >= 4 is 88.6 Å². The number of alkyl halides is 2. The number of aliphatic hydroxyl groups excluding tert-OH is 3. The Labute approximate surface area is 620 Å². The normalized spacial score (nSPS) is 21.6. The number of nitrogens with two attached hydrogens (primary N) is 2. The van der Waals surface area contributed by atoms with E-state index in [9.17, 15) is 53.8 Å². The van der Waals surface area contributed by atoms with Crippen LogP contribution in [0.1, 0.15) is 119 Å². The molecule has 0 bridgehead atoms. The number of esters is 2. The number of nitro groups is 1. The van der Waals surface area contributed by atoms with Crippen molar-refractivity contribution in [2.75, 3.05) is 37.9 Å². The molecular formula is C65H89ClF2MgN13O17P3. The summed E-state index contributed by atoms with van der Waals surface area (Å²) in [4.78, 5) is 43.0. The molecule has 9 rings (SSSR count). The van der Waals surface area contributed by atoms with Gasteiger partial charge in [-0.05, 0) is 86.3 Å². The van der Waals surface area contributed by atoms with Crippen molar-refractivity contribution in [3.63, 3.8) is 0 Å². The minimum absolute atomic E-state index is 0. The van der Waals surface area contributed by atoms with Gasteiger partial charge in [-0.15, -0.1) is 0 Å². The molecule has 12 atom stereocenters. The van der Waals surface area contributed by atoms with E-state index < -0.39 is 115 Å². The van der Waals surface area contributed by atoms with Gasteiger partial charge in [-0.2, -0.15) is 61.4 Å². The van der Waals surface area contributed by atoms with Crippen molar-refractivity contribution in [2.24, 2.45) is 11.8 Å². The molecule has 0 spiro atoms. The van der Waals surface area contributed by atoms with Crippen molar-refractivity contribution in [2.45, 2.75) is 155 Å². The number of halogens is 3. The first kappa shape index (κ1) is 85.4. The summed E-state index contributed by atoms with van der Waals surface area (Å²) in [6, 6.07) is 28.7. The van der Waals surface area contributed by atoms with Gasteiger partial charge in [-0.3, -0.25) is 24.2 Å². The second-order valence-corrected chi connectivity index (χ2v) is 26.5. The second-order valence-electron chi connectivity index (χ2n) is 23.2. The number of nitriles is 2. The molecule has 0 aliphatic carbocycles. The summed E-state index contributed by atoms with van der Waals surface area (Å²) < 4.78 is 122. The molecule has 0 amide bonds. The number of hydrogen-bond donors (Lipinski definition) is 7. The molecule has 2 aliphatic heterocycles. The van der Waals surface area contributed by atoms with E-state index in [1.807, 2.05) is 27.7 Å². The standard InChI is InChI=1S/C27H34FN6O7P.C21H27N2O7P.C12H12FN5O3.C4H9.CH4.ClH.Mg.H3P/c1-4-18(5-2)13-38-26(36)17(3)33-42(37,41-19-9-7-6-8-10-19)39-15-27(14-29)24(35)22(28)23(40-27)20-11-12-21-25(30)31-16-32-34(20)21;1-4-17(5-2)15-28-21(24)16(3)22-31(27,29-19-9-7-6-8-10-19)30-20-13-11-18(12-14-20)23(25)26;13-8-9(21-12(3-14,4-19)10(8)20)6-1-2-7-11(15)16-5-17-18(6)7;1-4(2)3;;;;/h6-12,16-18,22-24,35H,4-5,13,15H2,1-3H3,(H,33,37)(H2,30,31,32);6-14,16-17H,4-5,15H2,1-3H3,(H,22,27);1-2,5,8-10,19-20H,4H2,(H2,15,16,17);1-3H3;1H4;1H;;1H3/q;;;-1;;;+2;/p-1/t17-,22?,23-,24?,27+,42?;16-,31?;8-,9-,10-,12+;;;;;/m000...../s1/i;;;;;;;1D3. The number of benzene rings is 3. The Morgan fingerprint density at radius 2 is 1.08 bits per heavy atom. The third-order valence-corrected chi connectivity index (χ3v) is 18.6. The maximum atomic E-state index is 15.5. The van der Waals surface area contributed by atoms with E-state index in [-0.39, 0.29) is 114 Å². The average molecular weight is 1520 g/mol. The van der Waals surface area contributed by atoms with Gasteiger partial charge in [0, 0.05) is 12.1 Å². The first-order chi connectivity index (χ1) is 48.3. The van der Waals surface area contributed by atoms with Crippen LogP contribution in [0.5, 0.6) is 17.2 Å². The summed E-state index contributed by atoms with van der Waals surface area (Å²) in [7, 11) is -10.4. The van der Waals surface area contributed by atoms with Crippen LogP contribution in [0.15, 0.2) is 122 Å². The summed E-state index contributed by atoms with van der Waals surface area (Å²) in [5.41, 5.74) is 8.38. The molecule has 2 fully saturated rings. The molecule has 4 aromatic heterocycles. The average Bonchev–Trinajstić information content (AvgIpc) is 1.60. The first-order valence-electron chi connectivity index (χ1n) is 32.5. The Morgan fingerprint density at radius 3 is 1.44 bits per heavy atom. The van der Waals surface area contributed by atoms with Crippen LogP contribution >= 0.6 is 25.2 Å². The number of carbonyl (C=O) groups is 2. The van der Waals surface area contributed by atoms with Crippen LogP contribution in [0.2, 0.25) is 0 Å². The number of carbonyl (C=O) groups excluding carboxylic acids is 2. The predicted octanol–water partition coefficient (Wildman–Crippen LogP) is 6.90. The molecule has 0 radical (unpaired) electrons. The van der Waals surface area contributed by atoms with E-state index in [1.54, 1.807) is 72.8 Å². The largest absolute Gasteiger partial charge is 2.00 e. The number of nitro benzene ring substituents is 1. The number of hydrogen-bond acceptors (Lipinski definition) is 25. The molecule has 7 aromatic rings. The number of non-ortho nitro benzene ring substituents is 1. The summed E-state index contributed by atoms with van der Waals surface area (Å²) in [6.45, 7) is 15.9. The smallest absolute Gasteiger partial charge is 1.00 e. The molecule has 6 heterocycles. The van der Waals surface area contributed by atoms with Crippen molar-refractivity contribution in [3.8, 4) is 29.4 Å². The summed E-state index contributed by atoms with van der Waals surface area (Å²) in [5.74, 6) is 1.37. The summed E-state index contributed by atoms with van der Waals surface area (Å²) in [5, 5.41) is 73.0. The fraction of sp³-hybridized carbons (Fsp3) is 0.462. The second kappa shape index (κ2) is 41.9. The van der Waals surface area contributed by atoms with Crippen molar-refractivity contribution in [3.05, 3.63) is 149 Å². The molecule has 0 saturated carbocycles. The Balaban J connectivity index is 0.000000523. The van der Waals surface area contributed by atoms with Crippen LogP contribution in [-0.2, 0) is 42.2 Å². The number of ether oxygens (including phenoxy) is 4. The van der Waals surface area contributed by atoms with Crippen LogP contribution in [0.4, 0.5) is 26.1 Å². The number of fused-ring (bicyclic) bond motifs is 2. The van der Waals surface area contributed by atoms with Crippen LogP contribution in [0.25, 0.3) is 11.0 Å². The van der Waals surface area contributed by atoms with E-state index in [0.717, 1.165) is 25.7 Å². The summed E-state index contributed by atoms with van der Waals surface area (Å²) >= 11 is 0. The Bertz CT molecular complexity index is 4010. The maximum absolute atomic E-state index is 15.5. The van der Waals surface area contributed by atoms with E-state index >= 15 is 4.39 Å². The quantitative estimate of drug-likeness (QED) is 0.00687. The Kier molecular flexibility index (Phi) is 35.0. The fourth-order valence-corrected chi connectivity index (χ4v) is 12.6.